The Morgan fingerprint density at radius 3 is 2.34 bits per heavy atom. The van der Waals surface area contributed by atoms with Crippen LogP contribution in [0.15, 0.2) is 83.5 Å². The van der Waals surface area contributed by atoms with Gasteiger partial charge in [0.15, 0.2) is 5.82 Å². The minimum atomic E-state index is -0.317. The van der Waals surface area contributed by atoms with Crippen LogP contribution >= 0.6 is 11.6 Å². The molecule has 1 aliphatic rings. The number of benzene rings is 2. The minimum Gasteiger partial charge on any atom is -0.467 e. The molecule has 0 saturated carbocycles. The molecule has 38 heavy (non-hydrogen) atoms. The number of piperazine rings is 1. The van der Waals surface area contributed by atoms with Crippen molar-refractivity contribution in [3.8, 4) is 11.3 Å². The molecule has 0 spiro atoms. The van der Waals surface area contributed by atoms with E-state index in [0.29, 0.717) is 42.5 Å². The Balaban J connectivity index is 1.21. The molecule has 8 nitrogen and oxygen atoms in total. The summed E-state index contributed by atoms with van der Waals surface area (Å²) in [7, 11) is 0. The normalized spacial score (nSPS) is 13.4. The zero-order chi connectivity index (χ0) is 26.5. The van der Waals surface area contributed by atoms with Crippen molar-refractivity contribution in [1.82, 2.24) is 20.0 Å². The summed E-state index contributed by atoms with van der Waals surface area (Å²) in [6, 6.07) is 22.5. The maximum atomic E-state index is 13.3. The van der Waals surface area contributed by atoms with E-state index in [4.69, 9.17) is 16.0 Å². The summed E-state index contributed by atoms with van der Waals surface area (Å²) in [5, 5.41) is 9.17. The van der Waals surface area contributed by atoms with Crippen molar-refractivity contribution in [1.29, 1.82) is 0 Å². The molecule has 2 aromatic carbocycles. The molecule has 1 fully saturated rings. The second-order valence-electron chi connectivity index (χ2n) is 9.23. The molecular weight excluding hydrogens is 502 g/mol. The van der Waals surface area contributed by atoms with Gasteiger partial charge in [-0.2, -0.15) is 0 Å². The lowest BCUT2D eigenvalue weighted by Gasteiger charge is -2.36. The molecular formula is C29H28ClN5O3. The molecule has 1 aliphatic heterocycles. The number of anilines is 1. The van der Waals surface area contributed by atoms with Gasteiger partial charge < -0.3 is 19.1 Å². The molecule has 0 atom stereocenters. The molecule has 3 heterocycles. The Kier molecular flexibility index (Phi) is 7.70. The van der Waals surface area contributed by atoms with Gasteiger partial charge in [0.2, 0.25) is 5.91 Å². The van der Waals surface area contributed by atoms with Gasteiger partial charge in [0, 0.05) is 31.7 Å². The standard InChI is InChI=1S/C29H28ClN5O3/c1-21-8-10-22(11-9-21)26-12-13-27(32-31-26)33-14-16-34(17-15-33)28(36)20-35(19-23-5-4-18-38-23)29(37)24-6-2-3-7-25(24)30/h2-13,18H,14-17,19-20H2,1H3. The van der Waals surface area contributed by atoms with Crippen LogP contribution < -0.4 is 4.90 Å². The molecule has 4 aromatic rings. The van der Waals surface area contributed by atoms with Crippen LogP contribution in [0.2, 0.25) is 5.02 Å². The van der Waals surface area contributed by atoms with E-state index in [1.54, 1.807) is 47.6 Å². The van der Waals surface area contributed by atoms with Crippen LogP contribution in [0, 0.1) is 6.92 Å². The molecule has 9 heteroatoms. The van der Waals surface area contributed by atoms with Gasteiger partial charge in [-0.15, -0.1) is 10.2 Å². The quantitative estimate of drug-likeness (QED) is 0.345. The first-order valence-corrected chi connectivity index (χ1v) is 12.9. The molecule has 1 saturated heterocycles. The van der Waals surface area contributed by atoms with E-state index in [2.05, 4.69) is 34.2 Å². The number of nitrogens with zero attached hydrogens (tertiary/aromatic N) is 5. The average Bonchev–Trinajstić information content (AvgIpc) is 3.46. The Labute approximate surface area is 226 Å². The molecule has 0 radical (unpaired) electrons. The zero-order valence-corrected chi connectivity index (χ0v) is 21.8. The van der Waals surface area contributed by atoms with E-state index in [1.807, 2.05) is 24.3 Å². The van der Waals surface area contributed by atoms with E-state index >= 15 is 0 Å². The van der Waals surface area contributed by atoms with Gasteiger partial charge in [0.25, 0.3) is 5.91 Å². The monoisotopic (exact) mass is 529 g/mol. The number of amides is 2. The fraction of sp³-hybridized carbons (Fsp3) is 0.241. The molecule has 0 aliphatic carbocycles. The lowest BCUT2D eigenvalue weighted by atomic mass is 10.1. The summed E-state index contributed by atoms with van der Waals surface area (Å²) in [6.45, 7) is 4.45. The third kappa shape index (κ3) is 5.86. The first-order valence-electron chi connectivity index (χ1n) is 12.5. The fourth-order valence-electron chi connectivity index (χ4n) is 4.42. The van der Waals surface area contributed by atoms with Gasteiger partial charge in [0.05, 0.1) is 29.1 Å². The topological polar surface area (TPSA) is 82.8 Å². The average molecular weight is 530 g/mol. The van der Waals surface area contributed by atoms with Crippen molar-refractivity contribution in [2.75, 3.05) is 37.6 Å². The van der Waals surface area contributed by atoms with Crippen LogP contribution in [0.1, 0.15) is 21.7 Å². The van der Waals surface area contributed by atoms with Crippen LogP contribution in [-0.2, 0) is 11.3 Å². The second-order valence-corrected chi connectivity index (χ2v) is 9.64. The number of carbonyl (C=O) groups is 2. The first-order chi connectivity index (χ1) is 18.5. The van der Waals surface area contributed by atoms with Crippen LogP contribution in [0.5, 0.6) is 0 Å². The lowest BCUT2D eigenvalue weighted by Crippen LogP contribution is -2.52. The first kappa shape index (κ1) is 25.5. The smallest absolute Gasteiger partial charge is 0.256 e. The van der Waals surface area contributed by atoms with Gasteiger partial charge in [-0.25, -0.2) is 0 Å². The molecule has 2 amide bonds. The number of aryl methyl sites for hydroxylation is 1. The predicted octanol–water partition coefficient (Wildman–Crippen LogP) is 4.69. The highest BCUT2D eigenvalue weighted by molar-refractivity contribution is 6.33. The third-order valence-corrected chi connectivity index (χ3v) is 6.93. The highest BCUT2D eigenvalue weighted by atomic mass is 35.5. The Hall–Kier alpha value is -4.17. The molecule has 0 bridgehead atoms. The van der Waals surface area contributed by atoms with E-state index in [-0.39, 0.29) is 24.9 Å². The van der Waals surface area contributed by atoms with Gasteiger partial charge >= 0.3 is 0 Å². The van der Waals surface area contributed by atoms with E-state index in [1.165, 1.54) is 10.5 Å². The van der Waals surface area contributed by atoms with Gasteiger partial charge in [0.1, 0.15) is 12.3 Å². The minimum absolute atomic E-state index is 0.0736. The molecule has 5 rings (SSSR count). The second kappa shape index (κ2) is 11.5. The zero-order valence-electron chi connectivity index (χ0n) is 21.1. The van der Waals surface area contributed by atoms with Gasteiger partial charge in [-0.05, 0) is 43.3 Å². The SMILES string of the molecule is Cc1ccc(-c2ccc(N3CCN(C(=O)CN(Cc4ccco4)C(=O)c4ccccc4Cl)CC3)nn2)cc1. The maximum absolute atomic E-state index is 13.3. The van der Waals surface area contributed by atoms with Crippen molar-refractivity contribution in [2.45, 2.75) is 13.5 Å². The Bertz CT molecular complexity index is 1380. The number of aromatic nitrogens is 2. The number of hydrogen-bond acceptors (Lipinski definition) is 6. The maximum Gasteiger partial charge on any atom is 0.256 e. The summed E-state index contributed by atoms with van der Waals surface area (Å²) in [4.78, 5) is 31.9. The number of halogens is 1. The van der Waals surface area contributed by atoms with Gasteiger partial charge in [-0.1, -0.05) is 53.6 Å². The highest BCUT2D eigenvalue weighted by Gasteiger charge is 2.27. The van der Waals surface area contributed by atoms with Crippen molar-refractivity contribution in [3.05, 3.63) is 101 Å². The summed E-state index contributed by atoms with van der Waals surface area (Å²) >= 11 is 6.27. The van der Waals surface area contributed by atoms with E-state index < -0.39 is 0 Å². The lowest BCUT2D eigenvalue weighted by molar-refractivity contribution is -0.132. The predicted molar refractivity (Wildman–Crippen MR) is 146 cm³/mol. The Morgan fingerprint density at radius 2 is 1.68 bits per heavy atom. The fourth-order valence-corrected chi connectivity index (χ4v) is 4.63. The van der Waals surface area contributed by atoms with E-state index in [9.17, 15) is 9.59 Å². The molecule has 194 valence electrons. The molecule has 2 aromatic heterocycles. The summed E-state index contributed by atoms with van der Waals surface area (Å²) in [5.74, 6) is 0.928. The number of hydrogen-bond donors (Lipinski definition) is 0. The molecule has 0 N–H and O–H groups in total. The molecule has 0 unspecified atom stereocenters. The largest absolute Gasteiger partial charge is 0.467 e. The summed E-state index contributed by atoms with van der Waals surface area (Å²) < 4.78 is 5.44. The Morgan fingerprint density at radius 1 is 0.921 bits per heavy atom. The van der Waals surface area contributed by atoms with Crippen LogP contribution in [-0.4, -0.2) is 64.5 Å². The highest BCUT2D eigenvalue weighted by Crippen LogP contribution is 2.21. The third-order valence-electron chi connectivity index (χ3n) is 6.60. The van der Waals surface area contributed by atoms with Gasteiger partial charge in [-0.3, -0.25) is 9.59 Å². The van der Waals surface area contributed by atoms with Crippen molar-refractivity contribution in [3.63, 3.8) is 0 Å². The van der Waals surface area contributed by atoms with Crippen molar-refractivity contribution < 1.29 is 14.0 Å². The number of carbonyl (C=O) groups excluding carboxylic acids is 2. The summed E-state index contributed by atoms with van der Waals surface area (Å²) in [5.41, 5.74) is 3.40. The number of rotatable bonds is 7. The van der Waals surface area contributed by atoms with Crippen molar-refractivity contribution >= 4 is 29.2 Å². The summed E-state index contributed by atoms with van der Waals surface area (Å²) in [6.07, 6.45) is 1.55. The van der Waals surface area contributed by atoms with Crippen molar-refractivity contribution in [2.24, 2.45) is 0 Å². The van der Waals surface area contributed by atoms with Crippen LogP contribution in [0.3, 0.4) is 0 Å². The van der Waals surface area contributed by atoms with Crippen LogP contribution in [0.4, 0.5) is 5.82 Å². The van der Waals surface area contributed by atoms with E-state index in [0.717, 1.165) is 17.1 Å². The number of furan rings is 1. The van der Waals surface area contributed by atoms with Crippen LogP contribution in [0.25, 0.3) is 11.3 Å².